The van der Waals surface area contributed by atoms with Crippen molar-refractivity contribution in [3.05, 3.63) is 53.9 Å². The van der Waals surface area contributed by atoms with Crippen LogP contribution in [0.3, 0.4) is 0 Å². The molecule has 1 aliphatic carbocycles. The zero-order chi connectivity index (χ0) is 14.7. The summed E-state index contributed by atoms with van der Waals surface area (Å²) in [5.41, 5.74) is 2.06. The molecule has 0 bridgehead atoms. The second-order valence-corrected chi connectivity index (χ2v) is 6.11. The molecule has 3 heteroatoms. The molecule has 1 aromatic carbocycles. The summed E-state index contributed by atoms with van der Waals surface area (Å²) in [6.07, 6.45) is 9.10. The predicted molar refractivity (Wildman–Crippen MR) is 84.1 cm³/mol. The highest BCUT2D eigenvalue weighted by Crippen LogP contribution is 2.48. The van der Waals surface area contributed by atoms with Crippen LogP contribution < -0.4 is 0 Å². The zero-order valence-corrected chi connectivity index (χ0v) is 12.7. The summed E-state index contributed by atoms with van der Waals surface area (Å²) in [5.74, 6) is 0. The third-order valence-electron chi connectivity index (χ3n) is 4.91. The number of nitrogens with zero attached hydrogens (tertiary/aromatic N) is 2. The van der Waals surface area contributed by atoms with Crippen molar-refractivity contribution in [3.8, 4) is 0 Å². The van der Waals surface area contributed by atoms with E-state index >= 15 is 0 Å². The van der Waals surface area contributed by atoms with Gasteiger partial charge in [0.2, 0.25) is 0 Å². The van der Waals surface area contributed by atoms with Crippen LogP contribution in [0.4, 0.5) is 0 Å². The molecule has 0 radical (unpaired) electrons. The minimum atomic E-state index is -0.472. The fourth-order valence-corrected chi connectivity index (χ4v) is 3.69. The Hall–Kier alpha value is -1.61. The SMILES string of the molecule is CCn1cc(C(O)C2(c3ccccc3)CCCCC2)cn1. The maximum Gasteiger partial charge on any atom is 0.0916 e. The molecule has 0 amide bonds. The topological polar surface area (TPSA) is 38.0 Å². The van der Waals surface area contributed by atoms with Crippen molar-refractivity contribution >= 4 is 0 Å². The Morgan fingerprint density at radius 3 is 2.52 bits per heavy atom. The standard InChI is InChI=1S/C18H24N2O/c1-2-20-14-15(13-19-20)17(21)18(11-7-4-8-12-18)16-9-5-3-6-10-16/h3,5-6,9-10,13-14,17,21H,2,4,7-8,11-12H2,1H3. The minimum absolute atomic E-state index is 0.152. The molecule has 1 aromatic heterocycles. The Balaban J connectivity index is 1.99. The van der Waals surface area contributed by atoms with Gasteiger partial charge < -0.3 is 5.11 Å². The van der Waals surface area contributed by atoms with Crippen LogP contribution in [0.15, 0.2) is 42.7 Å². The van der Waals surface area contributed by atoms with Gasteiger partial charge in [0.25, 0.3) is 0 Å². The number of hydrogen-bond acceptors (Lipinski definition) is 2. The first-order valence-electron chi connectivity index (χ1n) is 8.02. The van der Waals surface area contributed by atoms with Crippen molar-refractivity contribution in [1.29, 1.82) is 0 Å². The number of benzene rings is 1. The molecule has 1 saturated carbocycles. The van der Waals surface area contributed by atoms with Gasteiger partial charge in [0.15, 0.2) is 0 Å². The summed E-state index contributed by atoms with van der Waals surface area (Å²) in [4.78, 5) is 0. The third kappa shape index (κ3) is 2.62. The highest BCUT2D eigenvalue weighted by molar-refractivity contribution is 5.31. The predicted octanol–water partition coefficient (Wildman–Crippen LogP) is 3.84. The number of aliphatic hydroxyl groups excluding tert-OH is 1. The zero-order valence-electron chi connectivity index (χ0n) is 12.7. The molecule has 1 aliphatic rings. The van der Waals surface area contributed by atoms with Crippen LogP contribution in [0.2, 0.25) is 0 Å². The van der Waals surface area contributed by atoms with Gasteiger partial charge in [-0.15, -0.1) is 0 Å². The summed E-state index contributed by atoms with van der Waals surface area (Å²) in [6.45, 7) is 2.90. The summed E-state index contributed by atoms with van der Waals surface area (Å²) in [6, 6.07) is 10.5. The Morgan fingerprint density at radius 1 is 1.19 bits per heavy atom. The molecule has 1 heterocycles. The first kappa shape index (κ1) is 14.3. The largest absolute Gasteiger partial charge is 0.387 e. The van der Waals surface area contributed by atoms with E-state index in [0.29, 0.717) is 0 Å². The van der Waals surface area contributed by atoms with Gasteiger partial charge in [-0.1, -0.05) is 49.6 Å². The quantitative estimate of drug-likeness (QED) is 0.926. The van der Waals surface area contributed by atoms with Gasteiger partial charge in [-0.2, -0.15) is 5.10 Å². The molecule has 2 aromatic rings. The molecule has 112 valence electrons. The summed E-state index contributed by atoms with van der Waals surface area (Å²) in [5, 5.41) is 15.4. The molecule has 0 saturated heterocycles. The van der Waals surface area contributed by atoms with Gasteiger partial charge in [0.1, 0.15) is 0 Å². The smallest absolute Gasteiger partial charge is 0.0916 e. The molecule has 1 N–H and O–H groups in total. The molecule has 1 unspecified atom stereocenters. The fourth-order valence-electron chi connectivity index (χ4n) is 3.69. The summed E-state index contributed by atoms with van der Waals surface area (Å²) >= 11 is 0. The first-order valence-corrected chi connectivity index (χ1v) is 8.02. The van der Waals surface area contributed by atoms with Crippen LogP contribution in [-0.2, 0) is 12.0 Å². The van der Waals surface area contributed by atoms with Crippen molar-refractivity contribution in [1.82, 2.24) is 9.78 Å². The molecular weight excluding hydrogens is 260 g/mol. The number of aliphatic hydroxyl groups is 1. The molecule has 1 fully saturated rings. The van der Waals surface area contributed by atoms with Gasteiger partial charge in [0, 0.05) is 23.7 Å². The second kappa shape index (κ2) is 6.02. The van der Waals surface area contributed by atoms with E-state index in [1.54, 1.807) is 0 Å². The molecule has 3 nitrogen and oxygen atoms in total. The van der Waals surface area contributed by atoms with Gasteiger partial charge in [0.05, 0.1) is 12.3 Å². The van der Waals surface area contributed by atoms with Crippen molar-refractivity contribution in [2.75, 3.05) is 0 Å². The lowest BCUT2D eigenvalue weighted by Crippen LogP contribution is -2.36. The van der Waals surface area contributed by atoms with Gasteiger partial charge >= 0.3 is 0 Å². The normalized spacial score (nSPS) is 19.3. The molecule has 1 atom stereocenters. The number of hydrogen-bond donors (Lipinski definition) is 1. The lowest BCUT2D eigenvalue weighted by Gasteiger charge is -2.41. The average Bonchev–Trinajstić information content (AvgIpc) is 3.04. The highest BCUT2D eigenvalue weighted by Gasteiger charge is 2.41. The van der Waals surface area contributed by atoms with Crippen LogP contribution in [0, 0.1) is 0 Å². The van der Waals surface area contributed by atoms with Crippen molar-refractivity contribution in [2.45, 2.75) is 57.1 Å². The molecule has 0 aliphatic heterocycles. The van der Waals surface area contributed by atoms with E-state index in [1.165, 1.54) is 24.8 Å². The summed E-state index contributed by atoms with van der Waals surface area (Å²) < 4.78 is 1.89. The number of aromatic nitrogens is 2. The van der Waals surface area contributed by atoms with Crippen LogP contribution in [0.1, 0.15) is 56.3 Å². The van der Waals surface area contributed by atoms with Crippen LogP contribution in [0.25, 0.3) is 0 Å². The van der Waals surface area contributed by atoms with E-state index in [0.717, 1.165) is 24.9 Å². The maximum atomic E-state index is 11.1. The molecule has 21 heavy (non-hydrogen) atoms. The Bertz CT molecular complexity index is 570. The molecule has 3 rings (SSSR count). The lowest BCUT2D eigenvalue weighted by molar-refractivity contribution is 0.0527. The minimum Gasteiger partial charge on any atom is -0.387 e. The van der Waals surface area contributed by atoms with Gasteiger partial charge in [-0.05, 0) is 25.3 Å². The van der Waals surface area contributed by atoms with E-state index in [-0.39, 0.29) is 5.41 Å². The number of rotatable bonds is 4. The van der Waals surface area contributed by atoms with Crippen LogP contribution >= 0.6 is 0 Å². The van der Waals surface area contributed by atoms with Crippen molar-refractivity contribution < 1.29 is 5.11 Å². The lowest BCUT2D eigenvalue weighted by atomic mass is 9.65. The molecular formula is C18H24N2O. The van der Waals surface area contributed by atoms with Crippen LogP contribution in [0.5, 0.6) is 0 Å². The molecule has 0 spiro atoms. The Morgan fingerprint density at radius 2 is 1.90 bits per heavy atom. The highest BCUT2D eigenvalue weighted by atomic mass is 16.3. The fraction of sp³-hybridized carbons (Fsp3) is 0.500. The monoisotopic (exact) mass is 284 g/mol. The first-order chi connectivity index (χ1) is 10.3. The Labute approximate surface area is 126 Å². The van der Waals surface area contributed by atoms with Gasteiger partial charge in [-0.25, -0.2) is 0 Å². The number of aryl methyl sites for hydroxylation is 1. The average molecular weight is 284 g/mol. The van der Waals surface area contributed by atoms with E-state index in [4.69, 9.17) is 0 Å². The van der Waals surface area contributed by atoms with Gasteiger partial charge in [-0.3, -0.25) is 4.68 Å². The summed E-state index contributed by atoms with van der Waals surface area (Å²) in [7, 11) is 0. The van der Waals surface area contributed by atoms with E-state index < -0.39 is 6.10 Å². The van der Waals surface area contributed by atoms with E-state index in [1.807, 2.05) is 23.1 Å². The van der Waals surface area contributed by atoms with E-state index in [9.17, 15) is 5.11 Å². The van der Waals surface area contributed by atoms with Crippen LogP contribution in [-0.4, -0.2) is 14.9 Å². The van der Waals surface area contributed by atoms with Crippen molar-refractivity contribution in [3.63, 3.8) is 0 Å². The second-order valence-electron chi connectivity index (χ2n) is 6.11. The van der Waals surface area contributed by atoms with E-state index in [2.05, 4.69) is 36.3 Å². The Kier molecular flexibility index (Phi) is 4.11. The third-order valence-corrected chi connectivity index (χ3v) is 4.91. The maximum absolute atomic E-state index is 11.1. The van der Waals surface area contributed by atoms with Crippen molar-refractivity contribution in [2.24, 2.45) is 0 Å².